The first kappa shape index (κ1) is 14.3. The second-order valence-electron chi connectivity index (χ2n) is 4.61. The predicted octanol–water partition coefficient (Wildman–Crippen LogP) is 2.73. The van der Waals surface area contributed by atoms with Crippen LogP contribution in [0.15, 0.2) is 42.6 Å². The van der Waals surface area contributed by atoms with E-state index in [0.29, 0.717) is 17.1 Å². The smallest absolute Gasteiger partial charge is 0.253 e. The summed E-state index contributed by atoms with van der Waals surface area (Å²) >= 11 is 5.81. The molecule has 1 aromatic carbocycles. The molecule has 1 heterocycles. The Bertz CT molecular complexity index is 579. The Morgan fingerprint density at radius 1 is 1.20 bits per heavy atom. The molecule has 0 radical (unpaired) electrons. The quantitative estimate of drug-likeness (QED) is 0.941. The Labute approximate surface area is 123 Å². The minimum absolute atomic E-state index is 0.141. The van der Waals surface area contributed by atoms with E-state index in [1.54, 1.807) is 24.4 Å². The molecule has 1 N–H and O–H groups in total. The zero-order valence-corrected chi connectivity index (χ0v) is 12.2. The van der Waals surface area contributed by atoms with Gasteiger partial charge in [-0.3, -0.25) is 4.79 Å². The molecule has 4 nitrogen and oxygen atoms in total. The summed E-state index contributed by atoms with van der Waals surface area (Å²) in [4.78, 5) is 18.1. The molecule has 0 aliphatic rings. The molecule has 0 saturated heterocycles. The van der Waals surface area contributed by atoms with E-state index >= 15 is 0 Å². The first-order valence-electron chi connectivity index (χ1n) is 6.22. The average Bonchev–Trinajstić information content (AvgIpc) is 2.46. The average molecular weight is 290 g/mol. The lowest BCUT2D eigenvalue weighted by atomic mass is 10.2. The van der Waals surface area contributed by atoms with E-state index in [2.05, 4.69) is 10.3 Å². The first-order chi connectivity index (χ1) is 9.56. The zero-order valence-electron chi connectivity index (χ0n) is 11.4. The Balaban J connectivity index is 1.96. The Morgan fingerprint density at radius 3 is 2.45 bits per heavy atom. The number of hydrogen-bond donors (Lipinski definition) is 1. The number of anilines is 1. The molecule has 0 unspecified atom stereocenters. The zero-order chi connectivity index (χ0) is 14.5. The van der Waals surface area contributed by atoms with Gasteiger partial charge >= 0.3 is 0 Å². The fraction of sp³-hybridized carbons (Fsp3) is 0.200. The number of halogens is 1. The third kappa shape index (κ3) is 3.71. The van der Waals surface area contributed by atoms with Crippen molar-refractivity contribution in [2.24, 2.45) is 0 Å². The number of carbonyl (C=O) groups is 1. The van der Waals surface area contributed by atoms with E-state index < -0.39 is 0 Å². The standard InChI is InChI=1S/C15H16ClN3O/c1-19(2)14-8-5-12(10-17-14)15(20)18-9-11-3-6-13(16)7-4-11/h3-8,10H,9H2,1-2H3,(H,18,20). The number of rotatable bonds is 4. The summed E-state index contributed by atoms with van der Waals surface area (Å²) in [5.41, 5.74) is 1.55. The first-order valence-corrected chi connectivity index (χ1v) is 6.60. The lowest BCUT2D eigenvalue weighted by Crippen LogP contribution is -2.23. The van der Waals surface area contributed by atoms with Crippen molar-refractivity contribution in [3.05, 3.63) is 58.7 Å². The number of nitrogens with one attached hydrogen (secondary N) is 1. The van der Waals surface area contributed by atoms with Crippen LogP contribution in [0, 0.1) is 0 Å². The molecule has 2 rings (SSSR count). The van der Waals surface area contributed by atoms with Crippen molar-refractivity contribution in [2.75, 3.05) is 19.0 Å². The molecule has 0 aliphatic carbocycles. The minimum Gasteiger partial charge on any atom is -0.363 e. The molecule has 0 spiro atoms. The maximum absolute atomic E-state index is 12.0. The number of aromatic nitrogens is 1. The normalized spacial score (nSPS) is 10.2. The number of carbonyl (C=O) groups excluding carboxylic acids is 1. The molecule has 0 fully saturated rings. The van der Waals surface area contributed by atoms with Gasteiger partial charge in [0.2, 0.25) is 0 Å². The van der Waals surface area contributed by atoms with Gasteiger partial charge in [0, 0.05) is 31.9 Å². The number of amides is 1. The number of benzene rings is 1. The van der Waals surface area contributed by atoms with Crippen molar-refractivity contribution in [2.45, 2.75) is 6.54 Å². The summed E-state index contributed by atoms with van der Waals surface area (Å²) in [5.74, 6) is 0.678. The van der Waals surface area contributed by atoms with Crippen LogP contribution in [0.25, 0.3) is 0 Å². The van der Waals surface area contributed by atoms with Gasteiger partial charge in [-0.05, 0) is 29.8 Å². The highest BCUT2D eigenvalue weighted by Gasteiger charge is 2.06. The molecule has 5 heteroatoms. The molecule has 0 bridgehead atoms. The minimum atomic E-state index is -0.141. The molecular formula is C15H16ClN3O. The highest BCUT2D eigenvalue weighted by Crippen LogP contribution is 2.10. The predicted molar refractivity (Wildman–Crippen MR) is 81.2 cm³/mol. The summed E-state index contributed by atoms with van der Waals surface area (Å²) in [6.07, 6.45) is 1.58. The van der Waals surface area contributed by atoms with Crippen LogP contribution in [0.4, 0.5) is 5.82 Å². The van der Waals surface area contributed by atoms with Gasteiger partial charge in [0.05, 0.1) is 5.56 Å². The Kier molecular flexibility index (Phi) is 4.58. The maximum atomic E-state index is 12.0. The van der Waals surface area contributed by atoms with E-state index in [-0.39, 0.29) is 5.91 Å². The summed E-state index contributed by atoms with van der Waals surface area (Å²) in [6.45, 7) is 0.464. The third-order valence-corrected chi connectivity index (χ3v) is 3.09. The van der Waals surface area contributed by atoms with Gasteiger partial charge in [-0.2, -0.15) is 0 Å². The van der Waals surface area contributed by atoms with E-state index in [0.717, 1.165) is 11.4 Å². The highest BCUT2D eigenvalue weighted by molar-refractivity contribution is 6.30. The summed E-state index contributed by atoms with van der Waals surface area (Å²) in [7, 11) is 3.81. The molecule has 20 heavy (non-hydrogen) atoms. The van der Waals surface area contributed by atoms with Crippen molar-refractivity contribution < 1.29 is 4.79 Å². The molecule has 2 aromatic rings. The van der Waals surface area contributed by atoms with Gasteiger partial charge in [-0.25, -0.2) is 4.98 Å². The van der Waals surface area contributed by atoms with Crippen molar-refractivity contribution in [1.82, 2.24) is 10.3 Å². The Hall–Kier alpha value is -2.07. The SMILES string of the molecule is CN(C)c1ccc(C(=O)NCc2ccc(Cl)cc2)cn1. The van der Waals surface area contributed by atoms with Gasteiger partial charge in [0.15, 0.2) is 0 Å². The van der Waals surface area contributed by atoms with E-state index in [1.807, 2.05) is 37.2 Å². The second kappa shape index (κ2) is 6.39. The van der Waals surface area contributed by atoms with Crippen molar-refractivity contribution >= 4 is 23.3 Å². The van der Waals surface area contributed by atoms with Crippen LogP contribution in [-0.4, -0.2) is 25.0 Å². The topological polar surface area (TPSA) is 45.2 Å². The lowest BCUT2D eigenvalue weighted by Gasteiger charge is -2.11. The number of nitrogens with zero attached hydrogens (tertiary/aromatic N) is 2. The van der Waals surface area contributed by atoms with Crippen LogP contribution in [0.1, 0.15) is 15.9 Å². The third-order valence-electron chi connectivity index (χ3n) is 2.83. The van der Waals surface area contributed by atoms with E-state index in [9.17, 15) is 4.79 Å². The highest BCUT2D eigenvalue weighted by atomic mass is 35.5. The van der Waals surface area contributed by atoms with Crippen LogP contribution in [0.2, 0.25) is 5.02 Å². The van der Waals surface area contributed by atoms with Gasteiger partial charge in [0.25, 0.3) is 5.91 Å². The number of hydrogen-bond acceptors (Lipinski definition) is 3. The lowest BCUT2D eigenvalue weighted by molar-refractivity contribution is 0.0950. The van der Waals surface area contributed by atoms with Crippen LogP contribution in [0.3, 0.4) is 0 Å². The fourth-order valence-electron chi connectivity index (χ4n) is 1.67. The summed E-state index contributed by atoms with van der Waals surface area (Å²) in [5, 5.41) is 3.53. The largest absolute Gasteiger partial charge is 0.363 e. The van der Waals surface area contributed by atoms with Crippen LogP contribution >= 0.6 is 11.6 Å². The van der Waals surface area contributed by atoms with Crippen molar-refractivity contribution in [1.29, 1.82) is 0 Å². The fourth-order valence-corrected chi connectivity index (χ4v) is 1.80. The van der Waals surface area contributed by atoms with Crippen LogP contribution < -0.4 is 10.2 Å². The molecule has 1 amide bonds. The second-order valence-corrected chi connectivity index (χ2v) is 5.05. The van der Waals surface area contributed by atoms with Gasteiger partial charge in [0.1, 0.15) is 5.82 Å². The van der Waals surface area contributed by atoms with Crippen LogP contribution in [0.5, 0.6) is 0 Å². The van der Waals surface area contributed by atoms with Gasteiger partial charge < -0.3 is 10.2 Å². The van der Waals surface area contributed by atoms with Crippen molar-refractivity contribution in [3.8, 4) is 0 Å². The van der Waals surface area contributed by atoms with Gasteiger partial charge in [-0.15, -0.1) is 0 Å². The van der Waals surface area contributed by atoms with Crippen molar-refractivity contribution in [3.63, 3.8) is 0 Å². The summed E-state index contributed by atoms with van der Waals surface area (Å²) in [6, 6.07) is 11.0. The molecular weight excluding hydrogens is 274 g/mol. The van der Waals surface area contributed by atoms with E-state index in [1.165, 1.54) is 0 Å². The molecule has 0 aliphatic heterocycles. The van der Waals surface area contributed by atoms with Gasteiger partial charge in [-0.1, -0.05) is 23.7 Å². The molecule has 0 saturated carbocycles. The van der Waals surface area contributed by atoms with Crippen LogP contribution in [-0.2, 0) is 6.54 Å². The maximum Gasteiger partial charge on any atom is 0.253 e. The molecule has 104 valence electrons. The number of pyridine rings is 1. The molecule has 0 atom stereocenters. The molecule has 1 aromatic heterocycles. The Morgan fingerprint density at radius 2 is 1.90 bits per heavy atom. The monoisotopic (exact) mass is 289 g/mol. The van der Waals surface area contributed by atoms with E-state index in [4.69, 9.17) is 11.6 Å². The summed E-state index contributed by atoms with van der Waals surface area (Å²) < 4.78 is 0.